The van der Waals surface area contributed by atoms with Gasteiger partial charge in [0.05, 0.1) is 6.61 Å². The van der Waals surface area contributed by atoms with E-state index in [0.29, 0.717) is 0 Å². The van der Waals surface area contributed by atoms with Crippen LogP contribution in [0.15, 0.2) is 12.2 Å². The second-order valence-corrected chi connectivity index (χ2v) is 4.12. The van der Waals surface area contributed by atoms with Crippen molar-refractivity contribution in [3.63, 3.8) is 0 Å². The highest BCUT2D eigenvalue weighted by Crippen LogP contribution is 2.23. The zero-order chi connectivity index (χ0) is 13.3. The number of ether oxygens (including phenoxy) is 2. The third kappa shape index (κ3) is 2.53. The van der Waals surface area contributed by atoms with E-state index in [2.05, 4.69) is 5.32 Å². The van der Waals surface area contributed by atoms with Crippen molar-refractivity contribution < 1.29 is 34.7 Å². The SMILES string of the molecule is O=C1C=C[C@@H](O[C@H]2O[C@H](CO)[C@@H](O)[C@H](O)[C@H]2O)N1. The third-order valence-corrected chi connectivity index (χ3v) is 2.84. The van der Waals surface area contributed by atoms with Crippen molar-refractivity contribution in [1.29, 1.82) is 0 Å². The van der Waals surface area contributed by atoms with Crippen LogP contribution < -0.4 is 5.32 Å². The molecule has 2 aliphatic rings. The molecule has 2 aliphatic heterocycles. The van der Waals surface area contributed by atoms with Gasteiger partial charge in [0.15, 0.2) is 12.5 Å². The fourth-order valence-corrected chi connectivity index (χ4v) is 1.81. The monoisotopic (exact) mass is 261 g/mol. The van der Waals surface area contributed by atoms with Crippen LogP contribution in [0.2, 0.25) is 0 Å². The molecule has 0 aromatic heterocycles. The summed E-state index contributed by atoms with van der Waals surface area (Å²) in [6.45, 7) is -0.530. The van der Waals surface area contributed by atoms with E-state index in [1.165, 1.54) is 12.2 Å². The number of aliphatic hydroxyl groups is 4. The zero-order valence-corrected chi connectivity index (χ0v) is 9.34. The Hall–Kier alpha value is -1.03. The van der Waals surface area contributed by atoms with E-state index in [0.717, 1.165) is 0 Å². The minimum absolute atomic E-state index is 0.343. The normalized spacial score (nSPS) is 44.1. The molecule has 0 aromatic carbocycles. The van der Waals surface area contributed by atoms with Crippen molar-refractivity contribution in [2.45, 2.75) is 36.9 Å². The van der Waals surface area contributed by atoms with Crippen LogP contribution >= 0.6 is 0 Å². The molecule has 0 bridgehead atoms. The van der Waals surface area contributed by atoms with E-state index in [1.54, 1.807) is 0 Å². The van der Waals surface area contributed by atoms with E-state index in [-0.39, 0.29) is 5.91 Å². The molecule has 8 heteroatoms. The summed E-state index contributed by atoms with van der Waals surface area (Å²) in [5, 5.41) is 40.1. The van der Waals surface area contributed by atoms with E-state index >= 15 is 0 Å². The summed E-state index contributed by atoms with van der Waals surface area (Å²) < 4.78 is 10.3. The predicted molar refractivity (Wildman–Crippen MR) is 55.9 cm³/mol. The molecule has 0 spiro atoms. The first-order valence-electron chi connectivity index (χ1n) is 5.47. The van der Waals surface area contributed by atoms with Gasteiger partial charge in [0.1, 0.15) is 24.4 Å². The van der Waals surface area contributed by atoms with Gasteiger partial charge < -0.3 is 35.2 Å². The van der Waals surface area contributed by atoms with Crippen LogP contribution in [0, 0.1) is 0 Å². The fraction of sp³-hybridized carbons (Fsp3) is 0.700. The van der Waals surface area contributed by atoms with Gasteiger partial charge >= 0.3 is 0 Å². The lowest BCUT2D eigenvalue weighted by Gasteiger charge is -2.40. The van der Waals surface area contributed by atoms with Gasteiger partial charge in [-0.25, -0.2) is 0 Å². The van der Waals surface area contributed by atoms with E-state index in [9.17, 15) is 20.1 Å². The lowest BCUT2D eigenvalue weighted by Crippen LogP contribution is -2.60. The second-order valence-electron chi connectivity index (χ2n) is 4.12. The number of carbonyl (C=O) groups is 1. The van der Waals surface area contributed by atoms with Crippen molar-refractivity contribution in [2.75, 3.05) is 6.61 Å². The molecule has 102 valence electrons. The molecule has 1 saturated heterocycles. The highest BCUT2D eigenvalue weighted by atomic mass is 16.7. The molecule has 1 fully saturated rings. The highest BCUT2D eigenvalue weighted by molar-refractivity contribution is 5.90. The van der Waals surface area contributed by atoms with E-state index in [1.807, 2.05) is 0 Å². The van der Waals surface area contributed by atoms with Crippen molar-refractivity contribution >= 4 is 5.91 Å². The van der Waals surface area contributed by atoms with Crippen molar-refractivity contribution in [1.82, 2.24) is 5.32 Å². The molecule has 0 aromatic rings. The Labute approximate surface area is 102 Å². The van der Waals surface area contributed by atoms with Gasteiger partial charge in [-0.2, -0.15) is 0 Å². The van der Waals surface area contributed by atoms with Crippen LogP contribution in [-0.4, -0.2) is 69.9 Å². The summed E-state index contributed by atoms with van der Waals surface area (Å²) in [4.78, 5) is 10.9. The van der Waals surface area contributed by atoms with Gasteiger partial charge in [-0.3, -0.25) is 4.79 Å². The number of aliphatic hydroxyl groups excluding tert-OH is 4. The zero-order valence-electron chi connectivity index (χ0n) is 9.34. The van der Waals surface area contributed by atoms with Gasteiger partial charge in [0.25, 0.3) is 0 Å². The van der Waals surface area contributed by atoms with Crippen LogP contribution in [0.4, 0.5) is 0 Å². The number of nitrogens with one attached hydrogen (secondary N) is 1. The Bertz CT molecular complexity index is 345. The molecular weight excluding hydrogens is 246 g/mol. The lowest BCUT2D eigenvalue weighted by molar-refractivity contribution is -0.308. The summed E-state index contributed by atoms with van der Waals surface area (Å²) in [7, 11) is 0. The molecule has 8 nitrogen and oxygen atoms in total. The van der Waals surface area contributed by atoms with Crippen molar-refractivity contribution in [3.8, 4) is 0 Å². The lowest BCUT2D eigenvalue weighted by atomic mass is 9.99. The minimum atomic E-state index is -1.50. The molecule has 2 heterocycles. The molecular formula is C10H15NO7. The predicted octanol–water partition coefficient (Wildman–Crippen LogP) is -3.18. The second kappa shape index (κ2) is 5.31. The highest BCUT2D eigenvalue weighted by Gasteiger charge is 2.44. The van der Waals surface area contributed by atoms with Crippen LogP contribution in [0.5, 0.6) is 0 Å². The topological polar surface area (TPSA) is 128 Å². The minimum Gasteiger partial charge on any atom is -0.394 e. The van der Waals surface area contributed by atoms with Gasteiger partial charge in [-0.1, -0.05) is 0 Å². The van der Waals surface area contributed by atoms with Gasteiger partial charge in [0, 0.05) is 6.08 Å². The Morgan fingerprint density at radius 1 is 1.28 bits per heavy atom. The van der Waals surface area contributed by atoms with Crippen LogP contribution in [0.1, 0.15) is 0 Å². The van der Waals surface area contributed by atoms with E-state index < -0.39 is 43.5 Å². The first-order chi connectivity index (χ1) is 8.52. The molecule has 0 radical (unpaired) electrons. The van der Waals surface area contributed by atoms with Crippen LogP contribution in [-0.2, 0) is 14.3 Å². The number of hydrogen-bond donors (Lipinski definition) is 5. The third-order valence-electron chi connectivity index (χ3n) is 2.84. The molecule has 2 rings (SSSR count). The maximum atomic E-state index is 10.9. The molecule has 6 atom stereocenters. The molecule has 18 heavy (non-hydrogen) atoms. The summed E-state index contributed by atoms with van der Waals surface area (Å²) in [6.07, 6.45) is -4.80. The molecule has 0 saturated carbocycles. The summed E-state index contributed by atoms with van der Waals surface area (Å²) in [5.41, 5.74) is 0. The van der Waals surface area contributed by atoms with Crippen molar-refractivity contribution in [3.05, 3.63) is 12.2 Å². The Balaban J connectivity index is 1.99. The summed E-state index contributed by atoms with van der Waals surface area (Å²) >= 11 is 0. The average Bonchev–Trinajstić information content (AvgIpc) is 2.75. The number of hydrogen-bond acceptors (Lipinski definition) is 7. The smallest absolute Gasteiger partial charge is 0.246 e. The number of amides is 1. The van der Waals surface area contributed by atoms with E-state index in [4.69, 9.17) is 14.6 Å². The number of carbonyl (C=O) groups excluding carboxylic acids is 1. The van der Waals surface area contributed by atoms with Gasteiger partial charge in [0.2, 0.25) is 5.91 Å². The Morgan fingerprint density at radius 3 is 2.56 bits per heavy atom. The molecule has 1 amide bonds. The fourth-order valence-electron chi connectivity index (χ4n) is 1.81. The standard InChI is InChI=1S/C10H15NO7/c12-3-4-7(14)8(15)9(16)10(17-4)18-6-2-1-5(13)11-6/h1-2,4,6-10,12,14-16H,3H2,(H,11,13)/t4-,6-,7-,8+,9-,10-/m1/s1. The van der Waals surface area contributed by atoms with Crippen molar-refractivity contribution in [2.24, 2.45) is 0 Å². The Kier molecular flexibility index (Phi) is 3.95. The first kappa shape index (κ1) is 13.4. The molecule has 0 aliphatic carbocycles. The van der Waals surface area contributed by atoms with Gasteiger partial charge in [-0.15, -0.1) is 0 Å². The first-order valence-corrected chi connectivity index (χ1v) is 5.47. The maximum Gasteiger partial charge on any atom is 0.246 e. The van der Waals surface area contributed by atoms with Crippen LogP contribution in [0.25, 0.3) is 0 Å². The summed E-state index contributed by atoms with van der Waals surface area (Å²) in [6, 6.07) is 0. The maximum absolute atomic E-state index is 10.9. The largest absolute Gasteiger partial charge is 0.394 e. The van der Waals surface area contributed by atoms with Crippen LogP contribution in [0.3, 0.4) is 0 Å². The molecule has 5 N–H and O–H groups in total. The van der Waals surface area contributed by atoms with Gasteiger partial charge in [-0.05, 0) is 6.08 Å². The number of rotatable bonds is 3. The summed E-state index contributed by atoms with van der Waals surface area (Å²) in [5.74, 6) is -0.343. The molecule has 0 unspecified atom stereocenters. The quantitative estimate of drug-likeness (QED) is 0.362. The Morgan fingerprint density at radius 2 is 2.00 bits per heavy atom. The average molecular weight is 261 g/mol.